The summed E-state index contributed by atoms with van der Waals surface area (Å²) >= 11 is 0. The second kappa shape index (κ2) is 7.09. The molecule has 0 unspecified atom stereocenters. The Morgan fingerprint density at radius 1 is 1.04 bits per heavy atom. The summed E-state index contributed by atoms with van der Waals surface area (Å²) < 4.78 is 7.17. The van der Waals surface area contributed by atoms with Crippen LogP contribution in [0.15, 0.2) is 53.3 Å². The Morgan fingerprint density at radius 2 is 1.82 bits per heavy atom. The highest BCUT2D eigenvalue weighted by Gasteiger charge is 2.13. The van der Waals surface area contributed by atoms with Gasteiger partial charge in [0.15, 0.2) is 11.5 Å². The van der Waals surface area contributed by atoms with Crippen molar-refractivity contribution in [2.24, 2.45) is 0 Å². The van der Waals surface area contributed by atoms with Gasteiger partial charge >= 0.3 is 5.69 Å². The van der Waals surface area contributed by atoms with Crippen LogP contribution in [0.2, 0.25) is 0 Å². The molecule has 0 bridgehead atoms. The van der Waals surface area contributed by atoms with Crippen molar-refractivity contribution in [3.8, 4) is 17.1 Å². The predicted octanol–water partition coefficient (Wildman–Crippen LogP) is 2.71. The molecule has 28 heavy (non-hydrogen) atoms. The third-order valence-corrected chi connectivity index (χ3v) is 5.20. The number of ether oxygens (including phenoxy) is 1. The number of nitrogens with one attached hydrogen (secondary N) is 1. The van der Waals surface area contributed by atoms with E-state index < -0.39 is 0 Å². The molecular weight excluding hydrogens is 354 g/mol. The number of para-hydroxylation sites is 1. The van der Waals surface area contributed by atoms with Gasteiger partial charge < -0.3 is 9.72 Å². The summed E-state index contributed by atoms with van der Waals surface area (Å²) in [6.07, 6.45) is 2.58. The van der Waals surface area contributed by atoms with Gasteiger partial charge in [-0.3, -0.25) is 4.90 Å². The zero-order valence-electron chi connectivity index (χ0n) is 15.5. The van der Waals surface area contributed by atoms with Gasteiger partial charge in [0.25, 0.3) is 0 Å². The Balaban J connectivity index is 1.38. The highest BCUT2D eigenvalue weighted by Crippen LogP contribution is 2.22. The molecule has 0 spiro atoms. The number of rotatable bonds is 5. The van der Waals surface area contributed by atoms with E-state index in [1.54, 1.807) is 0 Å². The first-order valence-corrected chi connectivity index (χ1v) is 9.61. The lowest BCUT2D eigenvalue weighted by molar-refractivity contribution is 0.238. The van der Waals surface area contributed by atoms with E-state index in [0.29, 0.717) is 18.1 Å². The average Bonchev–Trinajstić information content (AvgIpc) is 3.39. The van der Waals surface area contributed by atoms with Gasteiger partial charge in [-0.1, -0.05) is 12.1 Å². The Bertz CT molecular complexity index is 1170. The Morgan fingerprint density at radius 3 is 2.64 bits per heavy atom. The number of hydrogen-bond acceptors (Lipinski definition) is 5. The van der Waals surface area contributed by atoms with Crippen molar-refractivity contribution in [2.75, 3.05) is 26.2 Å². The third kappa shape index (κ3) is 3.14. The summed E-state index contributed by atoms with van der Waals surface area (Å²) in [5, 5.41) is 5.25. The van der Waals surface area contributed by atoms with E-state index in [9.17, 15) is 4.79 Å². The quantitative estimate of drug-likeness (QED) is 0.580. The zero-order valence-corrected chi connectivity index (χ0v) is 15.5. The highest BCUT2D eigenvalue weighted by atomic mass is 16.5. The van der Waals surface area contributed by atoms with Crippen molar-refractivity contribution in [1.82, 2.24) is 24.5 Å². The first-order chi connectivity index (χ1) is 13.8. The highest BCUT2D eigenvalue weighted by molar-refractivity contribution is 5.91. The van der Waals surface area contributed by atoms with Crippen molar-refractivity contribution in [1.29, 1.82) is 0 Å². The average molecular weight is 375 g/mol. The van der Waals surface area contributed by atoms with Gasteiger partial charge in [0.05, 0.1) is 5.52 Å². The van der Waals surface area contributed by atoms with Crippen LogP contribution >= 0.6 is 0 Å². The van der Waals surface area contributed by atoms with Crippen molar-refractivity contribution in [3.05, 3.63) is 59.0 Å². The van der Waals surface area contributed by atoms with Gasteiger partial charge in [0.2, 0.25) is 0 Å². The van der Waals surface area contributed by atoms with Crippen molar-refractivity contribution in [3.63, 3.8) is 0 Å². The normalized spacial score (nSPS) is 14.9. The molecule has 1 fully saturated rings. The molecule has 0 saturated carbocycles. The molecule has 0 atom stereocenters. The molecule has 3 heterocycles. The van der Waals surface area contributed by atoms with E-state index in [4.69, 9.17) is 4.74 Å². The molecule has 7 nitrogen and oxygen atoms in total. The van der Waals surface area contributed by atoms with Crippen LogP contribution in [0, 0.1) is 0 Å². The molecule has 1 aliphatic rings. The Labute approximate surface area is 161 Å². The SMILES string of the molecule is O=c1[nH]c2ccccc2c2nc(-c3ccc(OCCN4CCCC4)cc3)nn12. The first kappa shape index (κ1) is 16.9. The lowest BCUT2D eigenvalue weighted by Gasteiger charge is -2.14. The smallest absolute Gasteiger partial charge is 0.348 e. The molecule has 7 heteroatoms. The van der Waals surface area contributed by atoms with E-state index in [-0.39, 0.29) is 5.69 Å². The number of likely N-dealkylation sites (tertiary alicyclic amines) is 1. The number of nitrogens with zero attached hydrogens (tertiary/aromatic N) is 4. The molecule has 142 valence electrons. The fourth-order valence-corrected chi connectivity index (χ4v) is 3.70. The molecule has 2 aromatic heterocycles. The standard InChI is InChI=1S/C21H21N5O2/c27-21-22-18-6-2-1-5-17(18)20-23-19(24-26(20)21)15-7-9-16(10-8-15)28-14-13-25-11-3-4-12-25/h1-2,5-10H,3-4,11-14H2,(H,22,27). The van der Waals surface area contributed by atoms with Crippen molar-refractivity contribution < 1.29 is 4.74 Å². The predicted molar refractivity (Wildman–Crippen MR) is 108 cm³/mol. The van der Waals surface area contributed by atoms with E-state index in [1.165, 1.54) is 30.4 Å². The van der Waals surface area contributed by atoms with Crippen LogP contribution in [0.25, 0.3) is 27.9 Å². The summed E-state index contributed by atoms with van der Waals surface area (Å²) in [5.41, 5.74) is 1.86. The van der Waals surface area contributed by atoms with Gasteiger partial charge in [-0.2, -0.15) is 4.52 Å². The number of H-pyrrole nitrogens is 1. The van der Waals surface area contributed by atoms with Gasteiger partial charge in [-0.05, 0) is 62.3 Å². The van der Waals surface area contributed by atoms with Gasteiger partial charge in [0.1, 0.15) is 12.4 Å². The molecule has 4 aromatic rings. The topological polar surface area (TPSA) is 75.5 Å². The first-order valence-electron chi connectivity index (χ1n) is 9.61. The molecular formula is C21H21N5O2. The minimum atomic E-state index is -0.297. The molecule has 0 radical (unpaired) electrons. The molecule has 1 saturated heterocycles. The molecule has 5 rings (SSSR count). The van der Waals surface area contributed by atoms with E-state index in [1.807, 2.05) is 48.5 Å². The maximum Gasteiger partial charge on any atom is 0.348 e. The summed E-state index contributed by atoms with van der Waals surface area (Å²) in [5.74, 6) is 1.35. The van der Waals surface area contributed by atoms with E-state index in [0.717, 1.165) is 28.8 Å². The lowest BCUT2D eigenvalue weighted by atomic mass is 10.2. The van der Waals surface area contributed by atoms with Crippen LogP contribution in [0.1, 0.15) is 12.8 Å². The molecule has 0 aliphatic carbocycles. The van der Waals surface area contributed by atoms with Crippen molar-refractivity contribution >= 4 is 16.6 Å². The van der Waals surface area contributed by atoms with Gasteiger partial charge in [-0.25, -0.2) is 9.78 Å². The largest absolute Gasteiger partial charge is 0.492 e. The van der Waals surface area contributed by atoms with Crippen molar-refractivity contribution in [2.45, 2.75) is 12.8 Å². The number of benzene rings is 2. The van der Waals surface area contributed by atoms with Crippen LogP contribution in [0.4, 0.5) is 0 Å². The van der Waals surface area contributed by atoms with Crippen LogP contribution in [0.3, 0.4) is 0 Å². The van der Waals surface area contributed by atoms with E-state index in [2.05, 4.69) is 20.0 Å². The molecule has 1 N–H and O–H groups in total. The minimum absolute atomic E-state index is 0.297. The second-order valence-electron chi connectivity index (χ2n) is 7.07. The van der Waals surface area contributed by atoms with Gasteiger partial charge in [-0.15, -0.1) is 5.10 Å². The fraction of sp³-hybridized carbons (Fsp3) is 0.286. The summed E-state index contributed by atoms with van der Waals surface area (Å²) in [7, 11) is 0. The Hall–Kier alpha value is -3.19. The maximum absolute atomic E-state index is 12.3. The number of aromatic amines is 1. The second-order valence-corrected chi connectivity index (χ2v) is 7.07. The van der Waals surface area contributed by atoms with Gasteiger partial charge in [0, 0.05) is 17.5 Å². The van der Waals surface area contributed by atoms with Crippen LogP contribution in [-0.4, -0.2) is 50.7 Å². The monoisotopic (exact) mass is 375 g/mol. The number of aromatic nitrogens is 4. The van der Waals surface area contributed by atoms with Crippen LogP contribution in [0.5, 0.6) is 5.75 Å². The Kier molecular flexibility index (Phi) is 4.29. The third-order valence-electron chi connectivity index (χ3n) is 5.20. The zero-order chi connectivity index (χ0) is 18.9. The summed E-state index contributed by atoms with van der Waals surface area (Å²) in [4.78, 5) is 22.2. The molecule has 2 aromatic carbocycles. The molecule has 0 amide bonds. The van der Waals surface area contributed by atoms with E-state index >= 15 is 0 Å². The molecule has 1 aliphatic heterocycles. The minimum Gasteiger partial charge on any atom is -0.492 e. The number of fused-ring (bicyclic) bond motifs is 3. The number of hydrogen-bond donors (Lipinski definition) is 1. The summed E-state index contributed by atoms with van der Waals surface area (Å²) in [6, 6.07) is 15.3. The maximum atomic E-state index is 12.3. The van der Waals surface area contributed by atoms with Crippen LogP contribution in [-0.2, 0) is 0 Å². The fourth-order valence-electron chi connectivity index (χ4n) is 3.70. The summed E-state index contributed by atoms with van der Waals surface area (Å²) in [6.45, 7) is 4.00. The lowest BCUT2D eigenvalue weighted by Crippen LogP contribution is -2.25. The van der Waals surface area contributed by atoms with Crippen LogP contribution < -0.4 is 10.4 Å².